The Labute approximate surface area is 154 Å². The van der Waals surface area contributed by atoms with E-state index in [-0.39, 0.29) is 11.8 Å². The molecule has 136 valence electrons. The molecule has 1 fully saturated rings. The van der Waals surface area contributed by atoms with Gasteiger partial charge in [0.1, 0.15) is 11.8 Å². The van der Waals surface area contributed by atoms with Crippen LogP contribution in [0.3, 0.4) is 0 Å². The summed E-state index contributed by atoms with van der Waals surface area (Å²) in [6.07, 6.45) is 0. The van der Waals surface area contributed by atoms with Gasteiger partial charge in [-0.3, -0.25) is 9.59 Å². The van der Waals surface area contributed by atoms with Crippen LogP contribution < -0.4 is 9.64 Å². The molecule has 0 radical (unpaired) electrons. The molecule has 1 aliphatic heterocycles. The second-order valence-corrected chi connectivity index (χ2v) is 6.43. The van der Waals surface area contributed by atoms with E-state index in [0.717, 1.165) is 11.3 Å². The molecular weight excluding hydrogens is 328 g/mol. The zero-order valence-corrected chi connectivity index (χ0v) is 15.4. The maximum absolute atomic E-state index is 13.0. The molecule has 1 unspecified atom stereocenters. The molecule has 3 rings (SSSR count). The molecule has 1 atom stereocenters. The van der Waals surface area contributed by atoms with Gasteiger partial charge in [0.25, 0.3) is 5.91 Å². The molecule has 0 saturated carbocycles. The average Bonchev–Trinajstić information content (AvgIpc) is 2.64. The number of piperazine rings is 1. The van der Waals surface area contributed by atoms with E-state index in [1.54, 1.807) is 22.8 Å². The third-order valence-corrected chi connectivity index (χ3v) is 4.64. The van der Waals surface area contributed by atoms with E-state index < -0.39 is 6.04 Å². The van der Waals surface area contributed by atoms with Crippen molar-refractivity contribution in [1.82, 2.24) is 4.90 Å². The number of carbonyl (C=O) groups is 2. The molecule has 2 aromatic rings. The summed E-state index contributed by atoms with van der Waals surface area (Å²) in [5, 5.41) is 0. The zero-order chi connectivity index (χ0) is 18.7. The summed E-state index contributed by atoms with van der Waals surface area (Å²) in [5.74, 6) is 0.491. The van der Waals surface area contributed by atoms with E-state index in [9.17, 15) is 9.59 Å². The van der Waals surface area contributed by atoms with Gasteiger partial charge in [0.15, 0.2) is 0 Å². The van der Waals surface area contributed by atoms with Gasteiger partial charge in [0.2, 0.25) is 5.91 Å². The highest BCUT2D eigenvalue weighted by molar-refractivity contribution is 6.04. The largest absolute Gasteiger partial charge is 0.492 e. The monoisotopic (exact) mass is 352 g/mol. The van der Waals surface area contributed by atoms with Crippen LogP contribution in [0.4, 0.5) is 5.69 Å². The van der Waals surface area contributed by atoms with Crippen molar-refractivity contribution in [3.63, 3.8) is 0 Å². The van der Waals surface area contributed by atoms with Crippen molar-refractivity contribution in [2.45, 2.75) is 26.8 Å². The Balaban J connectivity index is 1.82. The van der Waals surface area contributed by atoms with Crippen LogP contribution in [0, 0.1) is 6.92 Å². The van der Waals surface area contributed by atoms with E-state index in [1.807, 2.05) is 56.3 Å². The standard InChI is InChI=1S/C21H24N2O3/c1-4-26-19-11-6-5-10-18(19)23-13-12-22(16(3)20(23)24)21(25)17-9-7-8-15(2)14-17/h5-11,14,16H,4,12-13H2,1-3H3. The first-order chi connectivity index (χ1) is 12.5. The van der Waals surface area contributed by atoms with Crippen LogP contribution in [0.15, 0.2) is 48.5 Å². The quantitative estimate of drug-likeness (QED) is 0.848. The lowest BCUT2D eigenvalue weighted by atomic mass is 10.1. The van der Waals surface area contributed by atoms with Crippen molar-refractivity contribution in [3.05, 3.63) is 59.7 Å². The Hall–Kier alpha value is -2.82. The second kappa shape index (κ2) is 7.60. The normalized spacial score (nSPS) is 17.3. The van der Waals surface area contributed by atoms with Gasteiger partial charge in [0.05, 0.1) is 12.3 Å². The van der Waals surface area contributed by atoms with Crippen LogP contribution in [-0.4, -0.2) is 42.5 Å². The van der Waals surface area contributed by atoms with Crippen molar-refractivity contribution in [1.29, 1.82) is 0 Å². The first kappa shape index (κ1) is 18.0. The number of anilines is 1. The molecular formula is C21H24N2O3. The fraction of sp³-hybridized carbons (Fsp3) is 0.333. The molecule has 2 amide bonds. The van der Waals surface area contributed by atoms with Crippen LogP contribution >= 0.6 is 0 Å². The summed E-state index contributed by atoms with van der Waals surface area (Å²) in [4.78, 5) is 29.2. The Morgan fingerprint density at radius 3 is 2.65 bits per heavy atom. The molecule has 26 heavy (non-hydrogen) atoms. The molecule has 5 nitrogen and oxygen atoms in total. The number of amides is 2. The topological polar surface area (TPSA) is 49.9 Å². The van der Waals surface area contributed by atoms with E-state index in [4.69, 9.17) is 4.74 Å². The first-order valence-electron chi connectivity index (χ1n) is 8.93. The Kier molecular flexibility index (Phi) is 5.26. The summed E-state index contributed by atoms with van der Waals surface area (Å²) in [6, 6.07) is 14.5. The number of ether oxygens (including phenoxy) is 1. The number of hydrogen-bond donors (Lipinski definition) is 0. The second-order valence-electron chi connectivity index (χ2n) is 6.43. The molecule has 1 saturated heterocycles. The molecule has 1 heterocycles. The molecule has 1 aliphatic rings. The summed E-state index contributed by atoms with van der Waals surface area (Å²) < 4.78 is 5.66. The molecule has 0 aliphatic carbocycles. The van der Waals surface area contributed by atoms with Gasteiger partial charge in [0, 0.05) is 18.7 Å². The third-order valence-electron chi connectivity index (χ3n) is 4.64. The van der Waals surface area contributed by atoms with Crippen LogP contribution in [0.2, 0.25) is 0 Å². The lowest BCUT2D eigenvalue weighted by Crippen LogP contribution is -2.57. The van der Waals surface area contributed by atoms with Gasteiger partial charge in [-0.2, -0.15) is 0 Å². The minimum atomic E-state index is -0.522. The fourth-order valence-corrected chi connectivity index (χ4v) is 3.29. The predicted molar refractivity (Wildman–Crippen MR) is 102 cm³/mol. The number of benzene rings is 2. The molecule has 2 aromatic carbocycles. The van der Waals surface area contributed by atoms with Crippen molar-refractivity contribution in [2.24, 2.45) is 0 Å². The zero-order valence-electron chi connectivity index (χ0n) is 15.4. The van der Waals surface area contributed by atoms with E-state index in [2.05, 4.69) is 0 Å². The number of aryl methyl sites for hydroxylation is 1. The van der Waals surface area contributed by atoms with Crippen molar-refractivity contribution in [2.75, 3.05) is 24.6 Å². The van der Waals surface area contributed by atoms with Crippen LogP contribution in [-0.2, 0) is 4.79 Å². The minimum absolute atomic E-state index is 0.0931. The number of carbonyl (C=O) groups excluding carboxylic acids is 2. The number of hydrogen-bond acceptors (Lipinski definition) is 3. The van der Waals surface area contributed by atoms with E-state index in [1.165, 1.54) is 0 Å². The van der Waals surface area contributed by atoms with Crippen molar-refractivity contribution in [3.8, 4) is 5.75 Å². The van der Waals surface area contributed by atoms with Gasteiger partial charge in [-0.15, -0.1) is 0 Å². The first-order valence-corrected chi connectivity index (χ1v) is 8.93. The smallest absolute Gasteiger partial charge is 0.254 e. The highest BCUT2D eigenvalue weighted by Gasteiger charge is 2.36. The molecule has 5 heteroatoms. The summed E-state index contributed by atoms with van der Waals surface area (Å²) in [6.45, 7) is 7.12. The summed E-state index contributed by atoms with van der Waals surface area (Å²) in [5.41, 5.74) is 2.40. The Morgan fingerprint density at radius 2 is 1.92 bits per heavy atom. The van der Waals surface area contributed by atoms with Gasteiger partial charge >= 0.3 is 0 Å². The van der Waals surface area contributed by atoms with E-state index in [0.29, 0.717) is 31.0 Å². The SMILES string of the molecule is CCOc1ccccc1N1CCN(C(=O)c2cccc(C)c2)C(C)C1=O. The predicted octanol–water partition coefficient (Wildman–Crippen LogP) is 3.27. The van der Waals surface area contributed by atoms with Crippen LogP contribution in [0.1, 0.15) is 29.8 Å². The number of rotatable bonds is 4. The van der Waals surface area contributed by atoms with Crippen molar-refractivity contribution >= 4 is 17.5 Å². The lowest BCUT2D eigenvalue weighted by molar-refractivity contribution is -0.124. The van der Waals surface area contributed by atoms with Crippen LogP contribution in [0.5, 0.6) is 5.75 Å². The third kappa shape index (κ3) is 3.43. The molecule has 0 aromatic heterocycles. The van der Waals surface area contributed by atoms with Gasteiger partial charge in [-0.05, 0) is 45.0 Å². The Morgan fingerprint density at radius 1 is 1.15 bits per heavy atom. The Bertz CT molecular complexity index is 818. The summed E-state index contributed by atoms with van der Waals surface area (Å²) >= 11 is 0. The minimum Gasteiger partial charge on any atom is -0.492 e. The lowest BCUT2D eigenvalue weighted by Gasteiger charge is -2.39. The average molecular weight is 352 g/mol. The highest BCUT2D eigenvalue weighted by atomic mass is 16.5. The number of nitrogens with zero attached hydrogens (tertiary/aromatic N) is 2. The molecule has 0 bridgehead atoms. The fourth-order valence-electron chi connectivity index (χ4n) is 3.29. The van der Waals surface area contributed by atoms with Crippen molar-refractivity contribution < 1.29 is 14.3 Å². The maximum atomic E-state index is 13.0. The van der Waals surface area contributed by atoms with Crippen LogP contribution in [0.25, 0.3) is 0 Å². The van der Waals surface area contributed by atoms with E-state index >= 15 is 0 Å². The van der Waals surface area contributed by atoms with Gasteiger partial charge < -0.3 is 14.5 Å². The summed E-state index contributed by atoms with van der Waals surface area (Å²) in [7, 11) is 0. The highest BCUT2D eigenvalue weighted by Crippen LogP contribution is 2.30. The maximum Gasteiger partial charge on any atom is 0.254 e. The molecule has 0 spiro atoms. The van der Waals surface area contributed by atoms with Gasteiger partial charge in [-0.1, -0.05) is 29.8 Å². The molecule has 0 N–H and O–H groups in total. The van der Waals surface area contributed by atoms with Gasteiger partial charge in [-0.25, -0.2) is 0 Å². The number of para-hydroxylation sites is 2.